The summed E-state index contributed by atoms with van der Waals surface area (Å²) >= 11 is 0. The molecule has 0 saturated carbocycles. The van der Waals surface area contributed by atoms with E-state index in [0.29, 0.717) is 12.8 Å². The fourth-order valence-electron chi connectivity index (χ4n) is 1.95. The monoisotopic (exact) mass is 342 g/mol. The van der Waals surface area contributed by atoms with Gasteiger partial charge in [0.1, 0.15) is 6.04 Å². The molecule has 4 N–H and O–H groups in total. The standard InChI is InChI=1S/C16H17F3N2O3/c1-2-3-4-5-12(14(20)23)21-15(24)13(22)10-6-8-11(9-7-10)16(17,18)19/h1,6-9,12-13,22H,3-5H2,(H2,20,23)(H,21,24)/t12-,13+/m1/s1. The van der Waals surface area contributed by atoms with Crippen molar-refractivity contribution < 1.29 is 27.9 Å². The van der Waals surface area contributed by atoms with Crippen molar-refractivity contribution in [3.63, 3.8) is 0 Å². The molecule has 130 valence electrons. The molecule has 1 aromatic carbocycles. The molecule has 0 aromatic heterocycles. The lowest BCUT2D eigenvalue weighted by Gasteiger charge is -2.18. The minimum absolute atomic E-state index is 0.0349. The Hall–Kier alpha value is -2.53. The van der Waals surface area contributed by atoms with Crippen LogP contribution in [0.2, 0.25) is 0 Å². The predicted octanol–water partition coefficient (Wildman–Crippen LogP) is 1.51. The molecule has 0 saturated heterocycles. The van der Waals surface area contributed by atoms with E-state index in [-0.39, 0.29) is 12.0 Å². The Kier molecular flexibility index (Phi) is 6.80. The molecule has 0 fully saturated rings. The molecule has 2 atom stereocenters. The molecule has 0 unspecified atom stereocenters. The molecule has 0 aliphatic heterocycles. The zero-order chi connectivity index (χ0) is 18.3. The number of nitrogens with two attached hydrogens (primary N) is 1. The third kappa shape index (κ3) is 5.59. The van der Waals surface area contributed by atoms with E-state index in [1.807, 2.05) is 0 Å². The van der Waals surface area contributed by atoms with E-state index in [1.54, 1.807) is 0 Å². The zero-order valence-corrected chi connectivity index (χ0v) is 12.6. The minimum Gasteiger partial charge on any atom is -0.378 e. The number of hydrogen-bond acceptors (Lipinski definition) is 3. The maximum Gasteiger partial charge on any atom is 0.416 e. The van der Waals surface area contributed by atoms with Gasteiger partial charge < -0.3 is 16.2 Å². The first kappa shape index (κ1) is 19.5. The first-order valence-electron chi connectivity index (χ1n) is 7.05. The Morgan fingerprint density at radius 1 is 1.29 bits per heavy atom. The summed E-state index contributed by atoms with van der Waals surface area (Å²) in [6.45, 7) is 0. The molecule has 0 bridgehead atoms. The van der Waals surface area contributed by atoms with Crippen molar-refractivity contribution in [3.05, 3.63) is 35.4 Å². The van der Waals surface area contributed by atoms with Crippen molar-refractivity contribution in [2.45, 2.75) is 37.6 Å². The number of aliphatic hydroxyl groups is 1. The van der Waals surface area contributed by atoms with Crippen molar-refractivity contribution >= 4 is 11.8 Å². The van der Waals surface area contributed by atoms with Crippen molar-refractivity contribution in [1.82, 2.24) is 5.32 Å². The van der Waals surface area contributed by atoms with Crippen LogP contribution in [-0.2, 0) is 15.8 Å². The molecule has 0 aliphatic carbocycles. The van der Waals surface area contributed by atoms with E-state index >= 15 is 0 Å². The van der Waals surface area contributed by atoms with Gasteiger partial charge in [-0.2, -0.15) is 13.2 Å². The van der Waals surface area contributed by atoms with E-state index in [2.05, 4.69) is 11.2 Å². The number of carbonyl (C=O) groups is 2. The van der Waals surface area contributed by atoms with Gasteiger partial charge in [0, 0.05) is 6.42 Å². The third-order valence-electron chi connectivity index (χ3n) is 3.28. The maximum atomic E-state index is 12.5. The number of halogens is 3. The number of primary amides is 1. The lowest BCUT2D eigenvalue weighted by atomic mass is 10.0. The summed E-state index contributed by atoms with van der Waals surface area (Å²) in [5.41, 5.74) is 4.23. The number of terminal acetylenes is 1. The van der Waals surface area contributed by atoms with Crippen molar-refractivity contribution in [1.29, 1.82) is 0 Å². The molecule has 2 amide bonds. The number of unbranched alkanes of at least 4 members (excludes halogenated alkanes) is 1. The topological polar surface area (TPSA) is 92.4 Å². The number of nitrogens with one attached hydrogen (secondary N) is 1. The Morgan fingerprint density at radius 3 is 2.33 bits per heavy atom. The molecule has 0 aliphatic rings. The highest BCUT2D eigenvalue weighted by molar-refractivity contribution is 5.88. The highest BCUT2D eigenvalue weighted by Crippen LogP contribution is 2.29. The highest BCUT2D eigenvalue weighted by atomic mass is 19.4. The van der Waals surface area contributed by atoms with Gasteiger partial charge in [-0.15, -0.1) is 12.3 Å². The second-order valence-electron chi connectivity index (χ2n) is 5.08. The van der Waals surface area contributed by atoms with Crippen LogP contribution in [0.25, 0.3) is 0 Å². The summed E-state index contributed by atoms with van der Waals surface area (Å²) < 4.78 is 37.4. The van der Waals surface area contributed by atoms with Gasteiger partial charge in [0.05, 0.1) is 5.56 Å². The number of alkyl halides is 3. The number of hydrogen-bond donors (Lipinski definition) is 3. The Bertz CT molecular complexity index is 621. The van der Waals surface area contributed by atoms with Gasteiger partial charge in [-0.1, -0.05) is 12.1 Å². The van der Waals surface area contributed by atoms with Crippen molar-refractivity contribution in [2.24, 2.45) is 5.73 Å². The first-order valence-corrected chi connectivity index (χ1v) is 7.05. The lowest BCUT2D eigenvalue weighted by molar-refractivity contribution is -0.137. The average molecular weight is 342 g/mol. The van der Waals surface area contributed by atoms with E-state index in [9.17, 15) is 27.9 Å². The molecule has 0 heterocycles. The van der Waals surface area contributed by atoms with Gasteiger partial charge in [-0.25, -0.2) is 0 Å². The molecule has 0 spiro atoms. The van der Waals surface area contributed by atoms with E-state index in [4.69, 9.17) is 12.2 Å². The normalized spacial score (nSPS) is 13.6. The summed E-state index contributed by atoms with van der Waals surface area (Å²) in [6.07, 6.45) is -0.115. The minimum atomic E-state index is -4.51. The van der Waals surface area contributed by atoms with Crippen molar-refractivity contribution in [3.8, 4) is 12.3 Å². The average Bonchev–Trinajstić information content (AvgIpc) is 2.52. The van der Waals surface area contributed by atoms with Gasteiger partial charge in [0.15, 0.2) is 6.10 Å². The Morgan fingerprint density at radius 2 is 1.88 bits per heavy atom. The number of amides is 2. The molecule has 5 nitrogen and oxygen atoms in total. The van der Waals surface area contributed by atoms with Crippen LogP contribution in [0.15, 0.2) is 24.3 Å². The molecule has 1 rings (SSSR count). The quantitative estimate of drug-likeness (QED) is 0.518. The smallest absolute Gasteiger partial charge is 0.378 e. The van der Waals surface area contributed by atoms with E-state index in [1.165, 1.54) is 0 Å². The number of carbonyl (C=O) groups excluding carboxylic acids is 2. The molecule has 0 radical (unpaired) electrons. The largest absolute Gasteiger partial charge is 0.416 e. The Balaban J connectivity index is 2.75. The fourth-order valence-corrected chi connectivity index (χ4v) is 1.95. The van der Waals surface area contributed by atoms with Crippen LogP contribution >= 0.6 is 0 Å². The van der Waals surface area contributed by atoms with Gasteiger partial charge in [-0.3, -0.25) is 9.59 Å². The molecule has 8 heteroatoms. The van der Waals surface area contributed by atoms with Gasteiger partial charge >= 0.3 is 6.18 Å². The molecule has 1 aromatic rings. The predicted molar refractivity (Wildman–Crippen MR) is 80.2 cm³/mol. The van der Waals surface area contributed by atoms with Crippen LogP contribution in [0.3, 0.4) is 0 Å². The summed E-state index contributed by atoms with van der Waals surface area (Å²) in [6, 6.07) is 2.47. The van der Waals surface area contributed by atoms with Crippen molar-refractivity contribution in [2.75, 3.05) is 0 Å². The summed E-state index contributed by atoms with van der Waals surface area (Å²) in [5.74, 6) is 0.652. The van der Waals surface area contributed by atoms with E-state index in [0.717, 1.165) is 24.3 Å². The van der Waals surface area contributed by atoms with Crippen LogP contribution in [0.5, 0.6) is 0 Å². The van der Waals surface area contributed by atoms with Gasteiger partial charge in [0.25, 0.3) is 5.91 Å². The molecular weight excluding hydrogens is 325 g/mol. The summed E-state index contributed by atoms with van der Waals surface area (Å²) in [4.78, 5) is 23.2. The second kappa shape index (κ2) is 8.36. The highest BCUT2D eigenvalue weighted by Gasteiger charge is 2.31. The number of aliphatic hydroxyl groups excluding tert-OH is 1. The SMILES string of the molecule is C#CCCC[C@@H](NC(=O)[C@@H](O)c1ccc(C(F)(F)F)cc1)C(N)=O. The number of rotatable bonds is 7. The zero-order valence-electron chi connectivity index (χ0n) is 12.6. The summed E-state index contributed by atoms with van der Waals surface area (Å²) in [5, 5.41) is 12.2. The van der Waals surface area contributed by atoms with E-state index < -0.39 is 35.7 Å². The van der Waals surface area contributed by atoms with Crippen LogP contribution in [0.1, 0.15) is 36.5 Å². The van der Waals surface area contributed by atoms with Crippen LogP contribution in [0, 0.1) is 12.3 Å². The van der Waals surface area contributed by atoms with Gasteiger partial charge in [-0.05, 0) is 30.5 Å². The fraction of sp³-hybridized carbons (Fsp3) is 0.375. The third-order valence-corrected chi connectivity index (χ3v) is 3.28. The maximum absolute atomic E-state index is 12.5. The summed E-state index contributed by atoms with van der Waals surface area (Å²) in [7, 11) is 0. The van der Waals surface area contributed by atoms with Crippen LogP contribution in [0.4, 0.5) is 13.2 Å². The first-order chi connectivity index (χ1) is 11.2. The van der Waals surface area contributed by atoms with Crippen LogP contribution in [-0.4, -0.2) is 23.0 Å². The number of benzene rings is 1. The molecular formula is C16H17F3N2O3. The Labute approximate surface area is 137 Å². The molecule has 24 heavy (non-hydrogen) atoms. The second-order valence-corrected chi connectivity index (χ2v) is 5.08. The van der Waals surface area contributed by atoms with Gasteiger partial charge in [0.2, 0.25) is 5.91 Å². The lowest BCUT2D eigenvalue weighted by Crippen LogP contribution is -2.46. The van der Waals surface area contributed by atoms with Crippen LogP contribution < -0.4 is 11.1 Å².